The van der Waals surface area contributed by atoms with E-state index in [1.54, 1.807) is 18.2 Å². The molecular formula is C9H9IO3. The lowest BCUT2D eigenvalue weighted by Gasteiger charge is -2.02. The van der Waals surface area contributed by atoms with Gasteiger partial charge in [-0.2, -0.15) is 0 Å². The molecule has 1 aromatic carbocycles. The number of carboxylic acids is 1. The topological polar surface area (TPSA) is 57.5 Å². The van der Waals surface area contributed by atoms with Crippen molar-refractivity contribution in [2.24, 2.45) is 0 Å². The van der Waals surface area contributed by atoms with Crippen molar-refractivity contribution in [2.75, 3.05) is 0 Å². The molecule has 0 aromatic heterocycles. The molecule has 3 nitrogen and oxygen atoms in total. The second-order valence-corrected chi connectivity index (χ2v) is 3.83. The van der Waals surface area contributed by atoms with Crippen molar-refractivity contribution in [2.45, 2.75) is 12.8 Å². The Morgan fingerprint density at radius 3 is 2.69 bits per heavy atom. The number of hydrogen-bond donors (Lipinski definition) is 2. The van der Waals surface area contributed by atoms with Gasteiger partial charge in [0, 0.05) is 9.99 Å². The summed E-state index contributed by atoms with van der Waals surface area (Å²) in [5, 5.41) is 17.6. The van der Waals surface area contributed by atoms with Crippen LogP contribution in [0.4, 0.5) is 0 Å². The molecule has 0 heterocycles. The summed E-state index contributed by atoms with van der Waals surface area (Å²) < 4.78 is 0.902. The highest BCUT2D eigenvalue weighted by molar-refractivity contribution is 14.1. The van der Waals surface area contributed by atoms with E-state index in [0.29, 0.717) is 6.42 Å². The van der Waals surface area contributed by atoms with E-state index < -0.39 is 5.97 Å². The van der Waals surface area contributed by atoms with Crippen molar-refractivity contribution in [3.63, 3.8) is 0 Å². The van der Waals surface area contributed by atoms with E-state index in [4.69, 9.17) is 10.2 Å². The number of hydrogen-bond acceptors (Lipinski definition) is 2. The van der Waals surface area contributed by atoms with Crippen molar-refractivity contribution in [3.8, 4) is 5.75 Å². The van der Waals surface area contributed by atoms with Crippen LogP contribution in [0.5, 0.6) is 5.75 Å². The van der Waals surface area contributed by atoms with Crippen LogP contribution in [0.25, 0.3) is 0 Å². The zero-order valence-electron chi connectivity index (χ0n) is 6.83. The van der Waals surface area contributed by atoms with Gasteiger partial charge in [-0.15, -0.1) is 0 Å². The van der Waals surface area contributed by atoms with Crippen LogP contribution in [0.3, 0.4) is 0 Å². The van der Waals surface area contributed by atoms with Gasteiger partial charge in [0.05, 0.1) is 0 Å². The molecular weight excluding hydrogens is 283 g/mol. The molecule has 0 bridgehead atoms. The number of benzene rings is 1. The summed E-state index contributed by atoms with van der Waals surface area (Å²) >= 11 is 2.08. The first kappa shape index (κ1) is 10.3. The number of carboxylic acid groups (broad SMARTS) is 1. The van der Waals surface area contributed by atoms with E-state index in [0.717, 1.165) is 9.13 Å². The molecule has 0 saturated heterocycles. The van der Waals surface area contributed by atoms with Crippen LogP contribution >= 0.6 is 22.6 Å². The maximum absolute atomic E-state index is 10.3. The predicted octanol–water partition coefficient (Wildman–Crippen LogP) is 2.01. The van der Waals surface area contributed by atoms with Crippen molar-refractivity contribution in [3.05, 3.63) is 27.3 Å². The first-order valence-electron chi connectivity index (χ1n) is 3.79. The maximum atomic E-state index is 10.3. The van der Waals surface area contributed by atoms with Gasteiger partial charge in [-0.1, -0.05) is 6.07 Å². The Labute approximate surface area is 89.5 Å². The van der Waals surface area contributed by atoms with Gasteiger partial charge in [0.15, 0.2) is 0 Å². The molecule has 2 N–H and O–H groups in total. The Kier molecular flexibility index (Phi) is 3.53. The largest absolute Gasteiger partial charge is 0.508 e. The van der Waals surface area contributed by atoms with Gasteiger partial charge in [-0.3, -0.25) is 4.79 Å². The van der Waals surface area contributed by atoms with E-state index in [1.807, 2.05) is 0 Å². The minimum atomic E-state index is -0.802. The van der Waals surface area contributed by atoms with Crippen LogP contribution in [-0.4, -0.2) is 16.2 Å². The van der Waals surface area contributed by atoms with Gasteiger partial charge in [0.1, 0.15) is 5.75 Å². The van der Waals surface area contributed by atoms with Gasteiger partial charge in [-0.25, -0.2) is 0 Å². The SMILES string of the molecule is O=C(O)CCc1ccc(O)cc1I. The fraction of sp³-hybridized carbons (Fsp3) is 0.222. The fourth-order valence-electron chi connectivity index (χ4n) is 0.981. The highest BCUT2D eigenvalue weighted by Gasteiger charge is 2.03. The Bertz CT molecular complexity index is 323. The van der Waals surface area contributed by atoms with Crippen LogP contribution < -0.4 is 0 Å². The Morgan fingerprint density at radius 1 is 1.46 bits per heavy atom. The Balaban J connectivity index is 2.72. The minimum absolute atomic E-state index is 0.126. The number of carbonyl (C=O) groups is 1. The van der Waals surface area contributed by atoms with Gasteiger partial charge in [-0.05, 0) is 46.7 Å². The molecule has 0 saturated carbocycles. The van der Waals surface area contributed by atoms with Crippen LogP contribution in [0, 0.1) is 3.57 Å². The molecule has 13 heavy (non-hydrogen) atoms. The number of halogens is 1. The molecule has 0 spiro atoms. The molecule has 0 aliphatic rings. The zero-order chi connectivity index (χ0) is 9.84. The van der Waals surface area contributed by atoms with Crippen LogP contribution in [-0.2, 0) is 11.2 Å². The summed E-state index contributed by atoms with van der Waals surface area (Å²) in [6.07, 6.45) is 0.634. The standard InChI is InChI=1S/C9H9IO3/c10-8-5-7(11)3-1-6(8)2-4-9(12)13/h1,3,5,11H,2,4H2,(H,12,13). The fourth-order valence-corrected chi connectivity index (χ4v) is 1.75. The summed E-state index contributed by atoms with van der Waals surface area (Å²) in [4.78, 5) is 10.3. The summed E-state index contributed by atoms with van der Waals surface area (Å²) in [5.74, 6) is -0.590. The normalized spacial score (nSPS) is 9.92. The average molecular weight is 292 g/mol. The lowest BCUT2D eigenvalue weighted by Crippen LogP contribution is -1.98. The van der Waals surface area contributed by atoms with Crippen molar-refractivity contribution < 1.29 is 15.0 Å². The molecule has 1 rings (SSSR count). The predicted molar refractivity (Wildman–Crippen MR) is 56.8 cm³/mol. The third kappa shape index (κ3) is 3.22. The van der Waals surface area contributed by atoms with Crippen LogP contribution in [0.15, 0.2) is 18.2 Å². The number of phenolic OH excluding ortho intramolecular Hbond substituents is 1. The molecule has 0 fully saturated rings. The maximum Gasteiger partial charge on any atom is 0.303 e. The molecule has 4 heteroatoms. The molecule has 0 unspecified atom stereocenters. The monoisotopic (exact) mass is 292 g/mol. The second-order valence-electron chi connectivity index (χ2n) is 2.67. The molecule has 0 aliphatic carbocycles. The summed E-state index contributed by atoms with van der Waals surface area (Å²) in [6.45, 7) is 0. The number of phenols is 1. The summed E-state index contributed by atoms with van der Waals surface area (Å²) in [5.41, 5.74) is 0.959. The molecule has 70 valence electrons. The molecule has 1 aromatic rings. The highest BCUT2D eigenvalue weighted by Crippen LogP contribution is 2.19. The van der Waals surface area contributed by atoms with Crippen molar-refractivity contribution in [1.82, 2.24) is 0 Å². The lowest BCUT2D eigenvalue weighted by molar-refractivity contribution is -0.136. The quantitative estimate of drug-likeness (QED) is 0.838. The van der Waals surface area contributed by atoms with E-state index in [2.05, 4.69) is 22.6 Å². The molecule has 0 radical (unpaired) electrons. The van der Waals surface area contributed by atoms with Gasteiger partial charge in [0.25, 0.3) is 0 Å². The molecule has 0 amide bonds. The number of aryl methyl sites for hydroxylation is 1. The first-order chi connectivity index (χ1) is 6.09. The van der Waals surface area contributed by atoms with E-state index >= 15 is 0 Å². The second kappa shape index (κ2) is 4.45. The van der Waals surface area contributed by atoms with Crippen molar-refractivity contribution >= 4 is 28.6 Å². The Hall–Kier alpha value is -0.780. The van der Waals surface area contributed by atoms with Crippen LogP contribution in [0.1, 0.15) is 12.0 Å². The molecule has 0 atom stereocenters. The Morgan fingerprint density at radius 2 is 2.15 bits per heavy atom. The van der Waals surface area contributed by atoms with Gasteiger partial charge >= 0.3 is 5.97 Å². The lowest BCUT2D eigenvalue weighted by atomic mass is 10.1. The van der Waals surface area contributed by atoms with E-state index in [-0.39, 0.29) is 12.2 Å². The van der Waals surface area contributed by atoms with Gasteiger partial charge < -0.3 is 10.2 Å². The van der Waals surface area contributed by atoms with E-state index in [1.165, 1.54) is 0 Å². The summed E-state index contributed by atoms with van der Waals surface area (Å²) in [6, 6.07) is 4.94. The number of aromatic hydroxyl groups is 1. The highest BCUT2D eigenvalue weighted by atomic mass is 127. The zero-order valence-corrected chi connectivity index (χ0v) is 8.98. The van der Waals surface area contributed by atoms with Crippen LogP contribution in [0.2, 0.25) is 0 Å². The summed E-state index contributed by atoms with van der Waals surface area (Å²) in [7, 11) is 0. The number of aliphatic carboxylic acids is 1. The first-order valence-corrected chi connectivity index (χ1v) is 4.86. The number of rotatable bonds is 3. The van der Waals surface area contributed by atoms with Crippen molar-refractivity contribution in [1.29, 1.82) is 0 Å². The van der Waals surface area contributed by atoms with Gasteiger partial charge in [0.2, 0.25) is 0 Å². The molecule has 0 aliphatic heterocycles. The third-order valence-corrected chi connectivity index (χ3v) is 2.65. The smallest absolute Gasteiger partial charge is 0.303 e. The van der Waals surface area contributed by atoms with E-state index in [9.17, 15) is 4.79 Å². The minimum Gasteiger partial charge on any atom is -0.508 e. The third-order valence-electron chi connectivity index (χ3n) is 1.64. The average Bonchev–Trinajstić information content (AvgIpc) is 2.02.